The summed E-state index contributed by atoms with van der Waals surface area (Å²) in [6, 6.07) is 8.43. The molecule has 2 aromatic rings. The maximum Gasteiger partial charge on any atom is 0.0601 e. The van der Waals surface area contributed by atoms with Gasteiger partial charge in [0, 0.05) is 23.7 Å². The molecule has 1 aromatic heterocycles. The molecule has 5 unspecified atom stereocenters. The Morgan fingerprint density at radius 1 is 1.19 bits per heavy atom. The maximum absolute atomic E-state index is 5.99. The standard InChI is InChI=1S/C17H23N3O/c1-10-11(2)21-12(3)16(10)17(20-18)15-6-4-5-13-9-19-8-7-14(13)15/h4-12,16-17,20H,18H2,1-3H3. The van der Waals surface area contributed by atoms with E-state index in [1.54, 1.807) is 0 Å². The van der Waals surface area contributed by atoms with Gasteiger partial charge in [0.05, 0.1) is 18.2 Å². The van der Waals surface area contributed by atoms with Gasteiger partial charge in [-0.3, -0.25) is 16.3 Å². The molecular formula is C17H23N3O. The van der Waals surface area contributed by atoms with Crippen LogP contribution in [0.2, 0.25) is 0 Å². The Morgan fingerprint density at radius 2 is 2.00 bits per heavy atom. The lowest BCUT2D eigenvalue weighted by molar-refractivity contribution is 0.0475. The molecule has 0 saturated carbocycles. The molecule has 1 aliphatic rings. The number of hydrazine groups is 1. The Bertz CT molecular complexity index is 625. The third-order valence-corrected chi connectivity index (χ3v) is 4.93. The van der Waals surface area contributed by atoms with Gasteiger partial charge in [0.15, 0.2) is 0 Å². The highest BCUT2D eigenvalue weighted by molar-refractivity contribution is 5.85. The lowest BCUT2D eigenvalue weighted by atomic mass is 9.80. The molecule has 1 fully saturated rings. The molecule has 0 amide bonds. The molecule has 1 aromatic carbocycles. The number of benzene rings is 1. The predicted octanol–water partition coefficient (Wildman–Crippen LogP) is 2.80. The lowest BCUT2D eigenvalue weighted by Gasteiger charge is -2.29. The third-order valence-electron chi connectivity index (χ3n) is 4.93. The van der Waals surface area contributed by atoms with Gasteiger partial charge in [0.1, 0.15) is 0 Å². The zero-order chi connectivity index (χ0) is 15.0. The Labute approximate surface area is 125 Å². The van der Waals surface area contributed by atoms with E-state index < -0.39 is 0 Å². The summed E-state index contributed by atoms with van der Waals surface area (Å²) in [5.41, 5.74) is 4.25. The van der Waals surface area contributed by atoms with E-state index in [2.05, 4.69) is 55.4 Å². The van der Waals surface area contributed by atoms with Crippen molar-refractivity contribution in [1.29, 1.82) is 0 Å². The fourth-order valence-corrected chi connectivity index (χ4v) is 3.70. The minimum Gasteiger partial charge on any atom is -0.375 e. The van der Waals surface area contributed by atoms with Crippen LogP contribution in [-0.4, -0.2) is 17.2 Å². The van der Waals surface area contributed by atoms with Gasteiger partial charge in [-0.05, 0) is 36.8 Å². The number of nitrogens with two attached hydrogens (primary N) is 1. The highest BCUT2D eigenvalue weighted by atomic mass is 16.5. The van der Waals surface area contributed by atoms with Gasteiger partial charge in [-0.2, -0.15) is 0 Å². The molecule has 1 saturated heterocycles. The van der Waals surface area contributed by atoms with Crippen molar-refractivity contribution in [3.8, 4) is 0 Å². The van der Waals surface area contributed by atoms with Crippen LogP contribution in [0.25, 0.3) is 10.8 Å². The van der Waals surface area contributed by atoms with Gasteiger partial charge in [-0.1, -0.05) is 25.1 Å². The van der Waals surface area contributed by atoms with Gasteiger partial charge >= 0.3 is 0 Å². The van der Waals surface area contributed by atoms with Crippen molar-refractivity contribution in [3.63, 3.8) is 0 Å². The van der Waals surface area contributed by atoms with Crippen LogP contribution in [0.5, 0.6) is 0 Å². The van der Waals surface area contributed by atoms with E-state index >= 15 is 0 Å². The molecule has 2 heterocycles. The van der Waals surface area contributed by atoms with E-state index in [9.17, 15) is 0 Å². The monoisotopic (exact) mass is 285 g/mol. The summed E-state index contributed by atoms with van der Waals surface area (Å²) in [5.74, 6) is 6.73. The number of nitrogens with one attached hydrogen (secondary N) is 1. The molecule has 4 nitrogen and oxygen atoms in total. The summed E-state index contributed by atoms with van der Waals surface area (Å²) in [7, 11) is 0. The number of aromatic nitrogens is 1. The van der Waals surface area contributed by atoms with E-state index in [0.29, 0.717) is 11.8 Å². The number of fused-ring (bicyclic) bond motifs is 1. The first-order chi connectivity index (χ1) is 10.1. The van der Waals surface area contributed by atoms with E-state index in [1.165, 1.54) is 10.9 Å². The van der Waals surface area contributed by atoms with Gasteiger partial charge in [-0.15, -0.1) is 0 Å². The van der Waals surface area contributed by atoms with E-state index in [0.717, 1.165) is 5.39 Å². The molecule has 5 atom stereocenters. The van der Waals surface area contributed by atoms with Crippen LogP contribution in [0.4, 0.5) is 0 Å². The zero-order valence-corrected chi connectivity index (χ0v) is 12.8. The highest BCUT2D eigenvalue weighted by Gasteiger charge is 2.42. The van der Waals surface area contributed by atoms with Crippen LogP contribution in [0.1, 0.15) is 32.4 Å². The minimum absolute atomic E-state index is 0.0750. The molecule has 0 aliphatic carbocycles. The minimum atomic E-state index is 0.0750. The second kappa shape index (κ2) is 5.72. The van der Waals surface area contributed by atoms with Crippen LogP contribution in [0, 0.1) is 11.8 Å². The van der Waals surface area contributed by atoms with Crippen molar-refractivity contribution in [2.45, 2.75) is 39.0 Å². The number of hydrogen-bond donors (Lipinski definition) is 2. The quantitative estimate of drug-likeness (QED) is 0.672. The molecule has 21 heavy (non-hydrogen) atoms. The van der Waals surface area contributed by atoms with Crippen LogP contribution >= 0.6 is 0 Å². The average Bonchev–Trinajstić information content (AvgIpc) is 2.75. The molecule has 0 radical (unpaired) electrons. The number of pyridine rings is 1. The first-order valence-electron chi connectivity index (χ1n) is 7.57. The number of hydrogen-bond acceptors (Lipinski definition) is 4. The summed E-state index contributed by atoms with van der Waals surface area (Å²) in [5, 5.41) is 2.34. The van der Waals surface area contributed by atoms with Crippen molar-refractivity contribution in [1.82, 2.24) is 10.4 Å². The Hall–Kier alpha value is -1.49. The van der Waals surface area contributed by atoms with Crippen molar-refractivity contribution in [3.05, 3.63) is 42.2 Å². The summed E-state index contributed by atoms with van der Waals surface area (Å²) >= 11 is 0. The smallest absolute Gasteiger partial charge is 0.0601 e. The first-order valence-corrected chi connectivity index (χ1v) is 7.57. The van der Waals surface area contributed by atoms with Crippen LogP contribution in [0.3, 0.4) is 0 Å². The Kier molecular flexibility index (Phi) is 3.93. The van der Waals surface area contributed by atoms with Gasteiger partial charge in [-0.25, -0.2) is 0 Å². The molecular weight excluding hydrogens is 262 g/mol. The highest BCUT2D eigenvalue weighted by Crippen LogP contribution is 2.41. The number of nitrogens with zero attached hydrogens (tertiary/aromatic N) is 1. The summed E-state index contributed by atoms with van der Waals surface area (Å²) < 4.78 is 5.99. The Morgan fingerprint density at radius 3 is 2.67 bits per heavy atom. The molecule has 3 rings (SSSR count). The van der Waals surface area contributed by atoms with E-state index in [-0.39, 0.29) is 18.2 Å². The van der Waals surface area contributed by atoms with Crippen LogP contribution < -0.4 is 11.3 Å². The average molecular weight is 285 g/mol. The maximum atomic E-state index is 5.99. The van der Waals surface area contributed by atoms with E-state index in [1.807, 2.05) is 12.4 Å². The van der Waals surface area contributed by atoms with Gasteiger partial charge < -0.3 is 4.74 Å². The Balaban J connectivity index is 2.07. The summed E-state index contributed by atoms with van der Waals surface area (Å²) in [6.45, 7) is 6.53. The largest absolute Gasteiger partial charge is 0.375 e. The van der Waals surface area contributed by atoms with Crippen molar-refractivity contribution >= 4 is 10.8 Å². The second-order valence-corrected chi connectivity index (χ2v) is 6.07. The molecule has 0 bridgehead atoms. The molecule has 4 heteroatoms. The lowest BCUT2D eigenvalue weighted by Crippen LogP contribution is -2.38. The number of rotatable bonds is 3. The van der Waals surface area contributed by atoms with Crippen LogP contribution in [0.15, 0.2) is 36.7 Å². The van der Waals surface area contributed by atoms with Crippen molar-refractivity contribution < 1.29 is 4.74 Å². The first kappa shape index (κ1) is 14.4. The molecule has 1 aliphatic heterocycles. The molecule has 3 N–H and O–H groups in total. The SMILES string of the molecule is CC1OC(C)C(C(NN)c2cccc3cnccc23)C1C. The fraction of sp³-hybridized carbons (Fsp3) is 0.471. The predicted molar refractivity (Wildman–Crippen MR) is 84.5 cm³/mol. The molecule has 112 valence electrons. The topological polar surface area (TPSA) is 60.2 Å². The van der Waals surface area contributed by atoms with Gasteiger partial charge in [0.25, 0.3) is 0 Å². The number of ether oxygens (including phenoxy) is 1. The zero-order valence-electron chi connectivity index (χ0n) is 12.8. The normalized spacial score (nSPS) is 30.7. The second-order valence-electron chi connectivity index (χ2n) is 6.07. The van der Waals surface area contributed by atoms with Crippen LogP contribution in [-0.2, 0) is 4.74 Å². The fourth-order valence-electron chi connectivity index (χ4n) is 3.70. The van der Waals surface area contributed by atoms with Crippen molar-refractivity contribution in [2.75, 3.05) is 0 Å². The third kappa shape index (κ3) is 2.44. The molecule has 0 spiro atoms. The van der Waals surface area contributed by atoms with Crippen molar-refractivity contribution in [2.24, 2.45) is 17.7 Å². The van der Waals surface area contributed by atoms with Gasteiger partial charge in [0.2, 0.25) is 0 Å². The van der Waals surface area contributed by atoms with E-state index in [4.69, 9.17) is 10.6 Å². The summed E-state index contributed by atoms with van der Waals surface area (Å²) in [6.07, 6.45) is 4.18. The summed E-state index contributed by atoms with van der Waals surface area (Å²) in [4.78, 5) is 4.20.